The largest absolute Gasteiger partial charge is 0.416 e. The van der Waals surface area contributed by atoms with Crippen LogP contribution in [0.5, 0.6) is 0 Å². The fourth-order valence-electron chi connectivity index (χ4n) is 6.79. The number of thiophene rings is 1. The molecule has 1 spiro atoms. The second-order valence-electron chi connectivity index (χ2n) is 10.9. The number of alkyl halides is 3. The average Bonchev–Trinajstić information content (AvgIpc) is 3.55. The van der Waals surface area contributed by atoms with Gasteiger partial charge in [-0.2, -0.15) is 13.2 Å². The van der Waals surface area contributed by atoms with Crippen LogP contribution >= 0.6 is 11.3 Å². The zero-order chi connectivity index (χ0) is 25.1. The fraction of sp³-hybridized carbons (Fsp3) is 0.483. The summed E-state index contributed by atoms with van der Waals surface area (Å²) in [5, 5.41) is 1.96. The van der Waals surface area contributed by atoms with Crippen molar-refractivity contribution in [2.75, 3.05) is 0 Å². The third kappa shape index (κ3) is 4.00. The summed E-state index contributed by atoms with van der Waals surface area (Å²) in [6.07, 6.45) is 4.12. The van der Waals surface area contributed by atoms with E-state index in [0.717, 1.165) is 79.8 Å². The second kappa shape index (κ2) is 8.79. The van der Waals surface area contributed by atoms with Crippen LogP contribution in [0.1, 0.15) is 84.5 Å². The molecule has 2 unspecified atom stereocenters. The Kier molecular flexibility index (Phi) is 5.82. The van der Waals surface area contributed by atoms with Crippen LogP contribution in [0.2, 0.25) is 0 Å². The lowest BCUT2D eigenvalue weighted by molar-refractivity contribution is -0.137. The molecule has 0 amide bonds. The van der Waals surface area contributed by atoms with Gasteiger partial charge in [-0.15, -0.1) is 11.3 Å². The summed E-state index contributed by atoms with van der Waals surface area (Å²) in [5.41, 5.74) is 1.70. The Hall–Kier alpha value is -2.54. The minimum Gasteiger partial charge on any atom is -0.299 e. The molecule has 7 heteroatoms. The van der Waals surface area contributed by atoms with Gasteiger partial charge < -0.3 is 0 Å². The average molecular weight is 512 g/mol. The number of carbonyl (C=O) groups excluding carboxylic acids is 2. The van der Waals surface area contributed by atoms with Gasteiger partial charge in [-0.05, 0) is 61.1 Å². The van der Waals surface area contributed by atoms with Gasteiger partial charge in [0.05, 0.1) is 17.2 Å². The zero-order valence-electron chi connectivity index (χ0n) is 19.9. The van der Waals surface area contributed by atoms with Gasteiger partial charge in [0.1, 0.15) is 5.78 Å². The number of hydrogen-bond donors (Lipinski definition) is 0. The number of ketones is 2. The lowest BCUT2D eigenvalue weighted by Gasteiger charge is -2.49. The van der Waals surface area contributed by atoms with Crippen molar-refractivity contribution in [3.63, 3.8) is 0 Å². The van der Waals surface area contributed by atoms with Crippen LogP contribution in [-0.2, 0) is 11.0 Å². The molecule has 3 fully saturated rings. The molecule has 36 heavy (non-hydrogen) atoms. The first-order valence-electron chi connectivity index (χ1n) is 12.9. The summed E-state index contributed by atoms with van der Waals surface area (Å²) in [6.45, 7) is 0. The summed E-state index contributed by atoms with van der Waals surface area (Å²) in [7, 11) is 0. The Bertz CT molecular complexity index is 1250. The van der Waals surface area contributed by atoms with Crippen LogP contribution in [0.15, 0.2) is 58.0 Å². The third-order valence-corrected chi connectivity index (χ3v) is 9.68. The number of allylic oxidation sites excluding steroid dienone is 2. The molecule has 0 N–H and O–H groups in total. The monoisotopic (exact) mass is 511 g/mol. The highest BCUT2D eigenvalue weighted by atomic mass is 32.1. The quantitative estimate of drug-likeness (QED) is 0.394. The molecule has 3 nitrogen and oxygen atoms in total. The normalized spacial score (nSPS) is 26.1. The van der Waals surface area contributed by atoms with E-state index in [-0.39, 0.29) is 28.5 Å². The predicted molar refractivity (Wildman–Crippen MR) is 133 cm³/mol. The maximum Gasteiger partial charge on any atom is 0.416 e. The number of hydrogen-bond acceptors (Lipinski definition) is 4. The van der Waals surface area contributed by atoms with Gasteiger partial charge in [-0.1, -0.05) is 37.5 Å². The molecule has 0 bridgehead atoms. The number of Topliss-reactive ketones (excluding diaryl/α,β-unsaturated/α-hetero) is 2. The van der Waals surface area contributed by atoms with E-state index in [1.165, 1.54) is 23.5 Å². The highest BCUT2D eigenvalue weighted by Crippen LogP contribution is 2.56. The van der Waals surface area contributed by atoms with Crippen LogP contribution < -0.4 is 0 Å². The standard InChI is InChI=1S/C29H28F3NO2S/c30-29(31,32)19-10-8-18(9-11-19)27(35)25-24(22-7-3-14-36-22)23-20(33-26(25)17-5-1-2-6-17)15-28(12-4-13-28)16-21(23)34/h3,7-11,14,17,23-24H,1-2,4-6,12-13,15-16H2. The number of halogens is 3. The molecule has 1 aromatic heterocycles. The van der Waals surface area contributed by atoms with Crippen molar-refractivity contribution in [3.8, 4) is 0 Å². The highest BCUT2D eigenvalue weighted by molar-refractivity contribution is 7.10. The van der Waals surface area contributed by atoms with E-state index in [0.29, 0.717) is 12.0 Å². The van der Waals surface area contributed by atoms with Crippen LogP contribution in [0.25, 0.3) is 0 Å². The molecule has 0 saturated heterocycles. The first-order chi connectivity index (χ1) is 17.3. The predicted octanol–water partition coefficient (Wildman–Crippen LogP) is 7.78. The van der Waals surface area contributed by atoms with E-state index >= 15 is 0 Å². The van der Waals surface area contributed by atoms with Crippen LogP contribution in [-0.4, -0.2) is 17.3 Å². The molecule has 2 heterocycles. The maximum atomic E-state index is 14.1. The highest BCUT2D eigenvalue weighted by Gasteiger charge is 2.53. The number of benzene rings is 1. The van der Waals surface area contributed by atoms with Crippen LogP contribution in [0.4, 0.5) is 13.2 Å². The summed E-state index contributed by atoms with van der Waals surface area (Å²) in [6, 6.07) is 8.37. The number of fused-ring (bicyclic) bond motifs is 1. The van der Waals surface area contributed by atoms with Crippen molar-refractivity contribution >= 4 is 28.6 Å². The lowest BCUT2D eigenvalue weighted by atomic mass is 9.55. The van der Waals surface area contributed by atoms with Gasteiger partial charge in [-0.25, -0.2) is 0 Å². The van der Waals surface area contributed by atoms with E-state index in [1.807, 2.05) is 17.5 Å². The molecular weight excluding hydrogens is 483 g/mol. The topological polar surface area (TPSA) is 46.5 Å². The third-order valence-electron chi connectivity index (χ3n) is 8.72. The number of rotatable bonds is 4. The number of nitrogens with zero attached hydrogens (tertiary/aromatic N) is 1. The molecule has 3 aliphatic carbocycles. The Morgan fingerprint density at radius 1 is 0.972 bits per heavy atom. The molecule has 2 atom stereocenters. The Morgan fingerprint density at radius 3 is 2.28 bits per heavy atom. The first-order valence-corrected chi connectivity index (χ1v) is 13.7. The summed E-state index contributed by atoms with van der Waals surface area (Å²) < 4.78 is 39.5. The van der Waals surface area contributed by atoms with Gasteiger partial charge in [0.15, 0.2) is 5.78 Å². The zero-order valence-corrected chi connectivity index (χ0v) is 20.8. The van der Waals surface area contributed by atoms with Crippen molar-refractivity contribution < 1.29 is 22.8 Å². The molecule has 4 aliphatic rings. The second-order valence-corrected chi connectivity index (χ2v) is 11.9. The summed E-state index contributed by atoms with van der Waals surface area (Å²) in [5.74, 6) is -0.894. The van der Waals surface area contributed by atoms with Crippen molar-refractivity contribution in [3.05, 3.63) is 69.1 Å². The molecule has 1 aromatic carbocycles. The number of aliphatic imine (C=N–C) groups is 1. The molecule has 188 valence electrons. The van der Waals surface area contributed by atoms with Crippen molar-refractivity contribution in [1.29, 1.82) is 0 Å². The molecule has 0 radical (unpaired) electrons. The van der Waals surface area contributed by atoms with Crippen molar-refractivity contribution in [2.45, 2.75) is 69.9 Å². The van der Waals surface area contributed by atoms with Gasteiger partial charge in [0.2, 0.25) is 0 Å². The smallest absolute Gasteiger partial charge is 0.299 e. The van der Waals surface area contributed by atoms with Gasteiger partial charge in [-0.3, -0.25) is 14.6 Å². The van der Waals surface area contributed by atoms with E-state index in [4.69, 9.17) is 4.99 Å². The van der Waals surface area contributed by atoms with Crippen LogP contribution in [0, 0.1) is 17.3 Å². The van der Waals surface area contributed by atoms with Crippen molar-refractivity contribution in [1.82, 2.24) is 0 Å². The first kappa shape index (κ1) is 23.8. The van der Waals surface area contributed by atoms with E-state index in [9.17, 15) is 22.8 Å². The van der Waals surface area contributed by atoms with Crippen LogP contribution in [0.3, 0.4) is 0 Å². The summed E-state index contributed by atoms with van der Waals surface area (Å²) >= 11 is 1.53. The van der Waals surface area contributed by atoms with Crippen molar-refractivity contribution in [2.24, 2.45) is 22.2 Å². The number of carbonyl (C=O) groups is 2. The molecule has 3 saturated carbocycles. The molecule has 6 rings (SSSR count). The Morgan fingerprint density at radius 2 is 1.69 bits per heavy atom. The minimum absolute atomic E-state index is 0.0299. The SMILES string of the molecule is O=C(C1=C(C2CCCC2)N=C2CC3(CCC3)CC(=O)C2C1c1cccs1)c1ccc(C(F)(F)F)cc1. The lowest BCUT2D eigenvalue weighted by Crippen LogP contribution is -2.48. The fourth-order valence-corrected chi connectivity index (χ4v) is 7.66. The van der Waals surface area contributed by atoms with E-state index < -0.39 is 23.6 Å². The molecule has 2 aromatic rings. The van der Waals surface area contributed by atoms with E-state index in [2.05, 4.69) is 0 Å². The maximum absolute atomic E-state index is 14.1. The van der Waals surface area contributed by atoms with Gasteiger partial charge in [0, 0.05) is 40.0 Å². The molecule has 1 aliphatic heterocycles. The van der Waals surface area contributed by atoms with E-state index in [1.54, 1.807) is 0 Å². The Balaban J connectivity index is 1.50. The minimum atomic E-state index is -4.47. The van der Waals surface area contributed by atoms with Gasteiger partial charge in [0.25, 0.3) is 0 Å². The summed E-state index contributed by atoms with van der Waals surface area (Å²) in [4.78, 5) is 33.9. The van der Waals surface area contributed by atoms with Gasteiger partial charge >= 0.3 is 6.18 Å². The Labute approximate surface area is 212 Å². The molecular formula is C29H28F3NO2S.